The predicted octanol–water partition coefficient (Wildman–Crippen LogP) is 1.55. The zero-order chi connectivity index (χ0) is 10.8. The van der Waals surface area contributed by atoms with Gasteiger partial charge in [-0.2, -0.15) is 5.10 Å². The predicted molar refractivity (Wildman–Crippen MR) is 56.5 cm³/mol. The first-order valence-electron chi connectivity index (χ1n) is 4.45. The van der Waals surface area contributed by atoms with E-state index in [1.165, 1.54) is 0 Å². The Balaban J connectivity index is 2.32. The maximum absolute atomic E-state index is 9.99. The molecule has 0 aliphatic carbocycles. The molecule has 0 saturated heterocycles. The first kappa shape index (κ1) is 10.1. The second-order valence-corrected chi connectivity index (χ2v) is 3.65. The molecule has 2 aromatic rings. The van der Waals surface area contributed by atoms with E-state index in [2.05, 4.69) is 10.1 Å². The molecule has 78 valence electrons. The Hall–Kier alpha value is -1.39. The number of aromatic nitrogens is 3. The van der Waals surface area contributed by atoms with Crippen LogP contribution in [0.1, 0.15) is 17.2 Å². The molecule has 2 heterocycles. The summed E-state index contributed by atoms with van der Waals surface area (Å²) in [4.78, 5) is 3.85. The molecule has 0 spiro atoms. The molecule has 5 heteroatoms. The van der Waals surface area contributed by atoms with Crippen LogP contribution < -0.4 is 0 Å². The van der Waals surface area contributed by atoms with Crippen molar-refractivity contribution in [3.05, 3.63) is 47.0 Å². The van der Waals surface area contributed by atoms with Crippen molar-refractivity contribution in [1.29, 1.82) is 0 Å². The van der Waals surface area contributed by atoms with E-state index in [0.717, 1.165) is 5.56 Å². The van der Waals surface area contributed by atoms with Crippen molar-refractivity contribution in [2.24, 2.45) is 7.05 Å². The number of aliphatic hydroxyl groups is 1. The average Bonchev–Trinajstić information content (AvgIpc) is 2.64. The molecule has 1 unspecified atom stereocenters. The van der Waals surface area contributed by atoms with E-state index in [1.54, 1.807) is 42.5 Å². The van der Waals surface area contributed by atoms with Gasteiger partial charge in [0.25, 0.3) is 0 Å². The van der Waals surface area contributed by atoms with Crippen LogP contribution in [0.3, 0.4) is 0 Å². The Morgan fingerprint density at radius 3 is 2.87 bits per heavy atom. The molecule has 1 N–H and O–H groups in total. The molecule has 2 rings (SSSR count). The minimum absolute atomic E-state index is 0.371. The van der Waals surface area contributed by atoms with Gasteiger partial charge in [-0.15, -0.1) is 0 Å². The standard InChI is InChI=1S/C10H10ClN3O/c1-14-6-8(5-13-14)10(15)7-2-3-12-9(11)4-7/h2-6,10,15H,1H3. The molecule has 15 heavy (non-hydrogen) atoms. The Kier molecular flexibility index (Phi) is 2.70. The van der Waals surface area contributed by atoms with Gasteiger partial charge in [0.2, 0.25) is 0 Å². The SMILES string of the molecule is Cn1cc(C(O)c2ccnc(Cl)c2)cn1. The zero-order valence-electron chi connectivity index (χ0n) is 8.13. The lowest BCUT2D eigenvalue weighted by atomic mass is 10.1. The summed E-state index contributed by atoms with van der Waals surface area (Å²) in [7, 11) is 1.80. The minimum atomic E-state index is -0.709. The Labute approximate surface area is 92.1 Å². The van der Waals surface area contributed by atoms with Crippen LogP contribution in [-0.2, 0) is 7.05 Å². The van der Waals surface area contributed by atoms with Gasteiger partial charge in [-0.25, -0.2) is 4.98 Å². The van der Waals surface area contributed by atoms with Gasteiger partial charge in [-0.3, -0.25) is 4.68 Å². The van der Waals surface area contributed by atoms with Gasteiger partial charge >= 0.3 is 0 Å². The normalized spacial score (nSPS) is 12.7. The lowest BCUT2D eigenvalue weighted by Gasteiger charge is -2.08. The lowest BCUT2D eigenvalue weighted by molar-refractivity contribution is 0.220. The second-order valence-electron chi connectivity index (χ2n) is 3.26. The van der Waals surface area contributed by atoms with Crippen molar-refractivity contribution < 1.29 is 5.11 Å². The van der Waals surface area contributed by atoms with Gasteiger partial charge in [-0.05, 0) is 17.7 Å². The Morgan fingerprint density at radius 2 is 2.27 bits per heavy atom. The minimum Gasteiger partial charge on any atom is -0.384 e. The molecule has 0 aliphatic heterocycles. The number of pyridine rings is 1. The number of aryl methyl sites for hydroxylation is 1. The first-order valence-corrected chi connectivity index (χ1v) is 4.82. The van der Waals surface area contributed by atoms with Crippen LogP contribution in [0.15, 0.2) is 30.7 Å². The molecular weight excluding hydrogens is 214 g/mol. The number of rotatable bonds is 2. The van der Waals surface area contributed by atoms with Crippen molar-refractivity contribution >= 4 is 11.6 Å². The molecule has 0 amide bonds. The van der Waals surface area contributed by atoms with Gasteiger partial charge in [0.05, 0.1) is 6.20 Å². The number of hydrogen-bond acceptors (Lipinski definition) is 3. The van der Waals surface area contributed by atoms with E-state index in [-0.39, 0.29) is 0 Å². The van der Waals surface area contributed by atoms with E-state index in [9.17, 15) is 5.11 Å². The van der Waals surface area contributed by atoms with Gasteiger partial charge in [-0.1, -0.05) is 11.6 Å². The number of hydrogen-bond donors (Lipinski definition) is 1. The third-order valence-electron chi connectivity index (χ3n) is 2.11. The van der Waals surface area contributed by atoms with Crippen LogP contribution in [0, 0.1) is 0 Å². The third kappa shape index (κ3) is 2.16. The summed E-state index contributed by atoms with van der Waals surface area (Å²) in [5.41, 5.74) is 1.45. The molecule has 0 aromatic carbocycles. The fourth-order valence-corrected chi connectivity index (χ4v) is 1.54. The van der Waals surface area contributed by atoms with Crippen LogP contribution in [0.4, 0.5) is 0 Å². The van der Waals surface area contributed by atoms with E-state index >= 15 is 0 Å². The molecule has 4 nitrogen and oxygen atoms in total. The van der Waals surface area contributed by atoms with Crippen molar-refractivity contribution in [2.75, 3.05) is 0 Å². The molecule has 0 radical (unpaired) electrons. The molecule has 0 bridgehead atoms. The zero-order valence-corrected chi connectivity index (χ0v) is 8.89. The molecule has 1 atom stereocenters. The maximum Gasteiger partial charge on any atom is 0.129 e. The summed E-state index contributed by atoms with van der Waals surface area (Å²) < 4.78 is 1.64. The van der Waals surface area contributed by atoms with E-state index in [0.29, 0.717) is 10.7 Å². The van der Waals surface area contributed by atoms with Crippen molar-refractivity contribution in [3.8, 4) is 0 Å². The summed E-state index contributed by atoms with van der Waals surface area (Å²) in [5.74, 6) is 0. The number of halogens is 1. The van der Waals surface area contributed by atoms with Crippen LogP contribution in [-0.4, -0.2) is 19.9 Å². The summed E-state index contributed by atoms with van der Waals surface area (Å²) in [6.45, 7) is 0. The van der Waals surface area contributed by atoms with Crippen molar-refractivity contribution in [2.45, 2.75) is 6.10 Å². The quantitative estimate of drug-likeness (QED) is 0.786. The van der Waals surface area contributed by atoms with E-state index in [4.69, 9.17) is 11.6 Å². The van der Waals surface area contributed by atoms with Gasteiger partial charge < -0.3 is 5.11 Å². The van der Waals surface area contributed by atoms with E-state index in [1.807, 2.05) is 0 Å². The highest BCUT2D eigenvalue weighted by molar-refractivity contribution is 6.29. The smallest absolute Gasteiger partial charge is 0.129 e. The molecule has 0 aliphatic rings. The first-order chi connectivity index (χ1) is 7.16. The maximum atomic E-state index is 9.99. The largest absolute Gasteiger partial charge is 0.384 e. The fourth-order valence-electron chi connectivity index (χ4n) is 1.36. The van der Waals surface area contributed by atoms with Gasteiger partial charge in [0, 0.05) is 25.0 Å². The third-order valence-corrected chi connectivity index (χ3v) is 2.31. The topological polar surface area (TPSA) is 50.9 Å². The number of aliphatic hydroxyl groups excluding tert-OH is 1. The highest BCUT2D eigenvalue weighted by Gasteiger charge is 2.12. The Bertz CT molecular complexity index is 469. The highest BCUT2D eigenvalue weighted by atomic mass is 35.5. The summed E-state index contributed by atoms with van der Waals surface area (Å²) in [6.07, 6.45) is 4.24. The second kappa shape index (κ2) is 4.00. The fraction of sp³-hybridized carbons (Fsp3) is 0.200. The monoisotopic (exact) mass is 223 g/mol. The van der Waals surface area contributed by atoms with E-state index < -0.39 is 6.10 Å². The molecule has 0 fully saturated rings. The number of nitrogens with zero attached hydrogens (tertiary/aromatic N) is 3. The summed E-state index contributed by atoms with van der Waals surface area (Å²) >= 11 is 5.74. The molecular formula is C10H10ClN3O. The Morgan fingerprint density at radius 1 is 1.47 bits per heavy atom. The van der Waals surface area contributed by atoms with Gasteiger partial charge in [0.15, 0.2) is 0 Å². The summed E-state index contributed by atoms with van der Waals surface area (Å²) in [5, 5.41) is 14.4. The highest BCUT2D eigenvalue weighted by Crippen LogP contribution is 2.22. The van der Waals surface area contributed by atoms with Gasteiger partial charge in [0.1, 0.15) is 11.3 Å². The van der Waals surface area contributed by atoms with Crippen LogP contribution >= 0.6 is 11.6 Å². The molecule has 2 aromatic heterocycles. The lowest BCUT2D eigenvalue weighted by Crippen LogP contribution is -1.98. The van der Waals surface area contributed by atoms with Crippen LogP contribution in [0.2, 0.25) is 5.15 Å². The van der Waals surface area contributed by atoms with Crippen molar-refractivity contribution in [3.63, 3.8) is 0 Å². The van der Waals surface area contributed by atoms with Crippen LogP contribution in [0.25, 0.3) is 0 Å². The average molecular weight is 224 g/mol. The summed E-state index contributed by atoms with van der Waals surface area (Å²) in [6, 6.07) is 3.36. The van der Waals surface area contributed by atoms with Crippen molar-refractivity contribution in [1.82, 2.24) is 14.8 Å². The molecule has 0 saturated carbocycles. The van der Waals surface area contributed by atoms with Crippen LogP contribution in [0.5, 0.6) is 0 Å².